The lowest BCUT2D eigenvalue weighted by atomic mass is 9.87. The molecule has 2 aliphatic rings. The van der Waals surface area contributed by atoms with Gasteiger partial charge in [-0.25, -0.2) is 15.0 Å². The maximum absolute atomic E-state index is 10.4. The third-order valence-corrected chi connectivity index (χ3v) is 9.50. The second kappa shape index (κ2) is 13.2. The summed E-state index contributed by atoms with van der Waals surface area (Å²) >= 11 is 0. The zero-order valence-electron chi connectivity index (χ0n) is 28.4. The average Bonchev–Trinajstić information content (AvgIpc) is 3.76. The molecule has 5 heterocycles. The Morgan fingerprint density at radius 2 is 1.31 bits per heavy atom. The van der Waals surface area contributed by atoms with Gasteiger partial charge in [-0.3, -0.25) is 4.79 Å². The van der Waals surface area contributed by atoms with Crippen LogP contribution in [-0.4, -0.2) is 57.0 Å². The summed E-state index contributed by atoms with van der Waals surface area (Å²) in [5.74, 6) is 3.21. The molecule has 0 radical (unpaired) electrons. The lowest BCUT2D eigenvalue weighted by Crippen LogP contribution is -2.20. The number of benzene rings is 3. The Bertz CT molecular complexity index is 2070. The van der Waals surface area contributed by atoms with Gasteiger partial charge in [-0.2, -0.15) is 0 Å². The molecule has 0 aliphatic carbocycles. The van der Waals surface area contributed by atoms with Gasteiger partial charge >= 0.3 is 0 Å². The molecule has 0 bridgehead atoms. The third-order valence-electron chi connectivity index (χ3n) is 9.50. The molecule has 3 aromatic heterocycles. The smallest absolute Gasteiger partial charge is 0.298 e. The Labute approximate surface area is 280 Å². The zero-order chi connectivity index (χ0) is 33.4. The first-order valence-corrected chi connectivity index (χ1v) is 16.8. The molecule has 2 aliphatic heterocycles. The Balaban J connectivity index is 0.000000166. The number of hydrogen-bond acceptors (Lipinski definition) is 8. The van der Waals surface area contributed by atoms with E-state index >= 15 is 0 Å². The first-order valence-electron chi connectivity index (χ1n) is 16.8. The average molecular weight is 650 g/mol. The van der Waals surface area contributed by atoms with Crippen molar-refractivity contribution >= 4 is 39.6 Å². The van der Waals surface area contributed by atoms with Gasteiger partial charge in [-0.1, -0.05) is 26.8 Å². The van der Waals surface area contributed by atoms with Gasteiger partial charge < -0.3 is 27.8 Å². The molecule has 0 atom stereocenters. The Morgan fingerprint density at radius 1 is 0.729 bits per heavy atom. The lowest BCUT2D eigenvalue weighted by Gasteiger charge is -2.25. The topological polar surface area (TPSA) is 106 Å². The van der Waals surface area contributed by atoms with E-state index in [9.17, 15) is 4.79 Å². The van der Waals surface area contributed by atoms with Gasteiger partial charge in [0.25, 0.3) is 6.47 Å². The van der Waals surface area contributed by atoms with Gasteiger partial charge in [-0.05, 0) is 93.0 Å². The monoisotopic (exact) mass is 649 g/mol. The van der Waals surface area contributed by atoms with E-state index in [1.165, 1.54) is 11.1 Å². The molecule has 6 aromatic rings. The largest absolute Gasteiger partial charge is 0.436 e. The van der Waals surface area contributed by atoms with Crippen LogP contribution >= 0.6 is 0 Å². The number of fused-ring (bicyclic) bond motifs is 3. The van der Waals surface area contributed by atoms with E-state index in [1.54, 1.807) is 12.1 Å². The molecule has 48 heavy (non-hydrogen) atoms. The normalized spacial score (nSPS) is 16.4. The number of rotatable bonds is 5. The number of carbonyl (C=O) groups is 1. The van der Waals surface area contributed by atoms with E-state index in [0.29, 0.717) is 30.2 Å². The standard InChI is InChI=1S/C24H27N3O2.C14H16N2O3/c1-15-25-19-13-16(5-7-21(19)27(15)18-9-11-28-12-10-18)23-26-20-14-17(24(2,3)4)6-8-22(20)29-23;1-10-15-13-8-12(19-9-17)2-3-14(13)16(10)11-4-6-18-7-5-11/h5-8,13-14,18H,9-12H2,1-4H3;2-3,8-9,11H,4-7H2,1H3. The van der Waals surface area contributed by atoms with Crippen molar-refractivity contribution in [2.75, 3.05) is 26.4 Å². The van der Waals surface area contributed by atoms with Crippen LogP contribution < -0.4 is 4.74 Å². The minimum absolute atomic E-state index is 0.0841. The number of aryl methyl sites for hydroxylation is 2. The zero-order valence-corrected chi connectivity index (χ0v) is 28.4. The van der Waals surface area contributed by atoms with E-state index in [0.717, 1.165) is 97.0 Å². The molecule has 2 saturated heterocycles. The van der Waals surface area contributed by atoms with E-state index in [-0.39, 0.29) is 5.41 Å². The first-order chi connectivity index (χ1) is 23.2. The third kappa shape index (κ3) is 6.34. The highest BCUT2D eigenvalue weighted by atomic mass is 16.5. The summed E-state index contributed by atoms with van der Waals surface area (Å²) < 4.78 is 26.5. The second-order valence-corrected chi connectivity index (χ2v) is 13.8. The van der Waals surface area contributed by atoms with Crippen LogP contribution in [0.3, 0.4) is 0 Å². The van der Waals surface area contributed by atoms with E-state index < -0.39 is 0 Å². The van der Waals surface area contributed by atoms with Crippen LogP contribution in [0, 0.1) is 13.8 Å². The molecular weight excluding hydrogens is 606 g/mol. The molecule has 0 amide bonds. The van der Waals surface area contributed by atoms with Crippen LogP contribution in [0.25, 0.3) is 44.6 Å². The summed E-state index contributed by atoms with van der Waals surface area (Å²) in [5.41, 5.74) is 8.13. The molecule has 10 nitrogen and oxygen atoms in total. The van der Waals surface area contributed by atoms with Crippen LogP contribution in [-0.2, 0) is 19.7 Å². The number of oxazole rings is 1. The Morgan fingerprint density at radius 3 is 1.90 bits per heavy atom. The fourth-order valence-electron chi connectivity index (χ4n) is 7.01. The summed E-state index contributed by atoms with van der Waals surface area (Å²) in [6, 6.07) is 19.1. The number of nitrogens with zero attached hydrogens (tertiary/aromatic N) is 5. The van der Waals surface area contributed by atoms with Gasteiger partial charge in [0.05, 0.1) is 22.1 Å². The first kappa shape index (κ1) is 32.0. The van der Waals surface area contributed by atoms with Gasteiger partial charge in [0.15, 0.2) is 5.58 Å². The van der Waals surface area contributed by atoms with Gasteiger partial charge in [0.2, 0.25) is 5.89 Å². The highest BCUT2D eigenvalue weighted by molar-refractivity contribution is 5.83. The van der Waals surface area contributed by atoms with E-state index in [4.69, 9.17) is 28.6 Å². The summed E-state index contributed by atoms with van der Waals surface area (Å²) in [6.07, 6.45) is 4.10. The molecule has 0 spiro atoms. The van der Waals surface area contributed by atoms with Crippen molar-refractivity contribution in [2.45, 2.75) is 77.8 Å². The number of ether oxygens (including phenoxy) is 3. The summed E-state index contributed by atoms with van der Waals surface area (Å²) in [5, 5.41) is 0. The number of imidazole rings is 2. The van der Waals surface area contributed by atoms with Crippen LogP contribution in [0.5, 0.6) is 5.75 Å². The number of carbonyl (C=O) groups excluding carboxylic acids is 1. The van der Waals surface area contributed by atoms with Crippen molar-refractivity contribution in [3.8, 4) is 17.2 Å². The molecular formula is C38H43N5O5. The maximum atomic E-state index is 10.4. The molecule has 0 N–H and O–H groups in total. The Kier molecular flexibility index (Phi) is 8.78. The number of hydrogen-bond donors (Lipinski definition) is 0. The SMILES string of the molecule is Cc1nc2cc(-c3nc4cc(C(C)(C)C)ccc4o3)ccc2n1C1CCOCC1.Cc1nc2cc(OC=O)ccc2n1C1CCOCC1. The fourth-order valence-corrected chi connectivity index (χ4v) is 7.01. The summed E-state index contributed by atoms with van der Waals surface area (Å²) in [6.45, 7) is 14.4. The lowest BCUT2D eigenvalue weighted by molar-refractivity contribution is -0.120. The predicted molar refractivity (Wildman–Crippen MR) is 186 cm³/mol. The summed E-state index contributed by atoms with van der Waals surface area (Å²) in [4.78, 5) is 24.5. The van der Waals surface area contributed by atoms with Crippen molar-refractivity contribution < 1.29 is 23.4 Å². The van der Waals surface area contributed by atoms with Crippen LogP contribution in [0.4, 0.5) is 0 Å². The van der Waals surface area contributed by atoms with Crippen molar-refractivity contribution in [3.05, 3.63) is 71.8 Å². The molecule has 2 fully saturated rings. The van der Waals surface area contributed by atoms with E-state index in [2.05, 4.69) is 72.1 Å². The molecule has 0 unspecified atom stereocenters. The van der Waals surface area contributed by atoms with Crippen LogP contribution in [0.15, 0.2) is 59.0 Å². The predicted octanol–water partition coefficient (Wildman–Crippen LogP) is 8.03. The molecule has 250 valence electrons. The molecule has 3 aromatic carbocycles. The van der Waals surface area contributed by atoms with Gasteiger partial charge in [-0.15, -0.1) is 0 Å². The van der Waals surface area contributed by atoms with Crippen LogP contribution in [0.2, 0.25) is 0 Å². The minimum atomic E-state index is 0.0841. The van der Waals surface area contributed by atoms with Gasteiger partial charge in [0.1, 0.15) is 22.9 Å². The highest BCUT2D eigenvalue weighted by Crippen LogP contribution is 2.33. The van der Waals surface area contributed by atoms with Gasteiger partial charge in [0, 0.05) is 50.1 Å². The van der Waals surface area contributed by atoms with Crippen molar-refractivity contribution in [1.29, 1.82) is 0 Å². The molecule has 0 saturated carbocycles. The minimum Gasteiger partial charge on any atom is -0.436 e. The second-order valence-electron chi connectivity index (χ2n) is 13.8. The molecule has 10 heteroatoms. The number of aromatic nitrogens is 5. The quantitative estimate of drug-likeness (QED) is 0.173. The van der Waals surface area contributed by atoms with E-state index in [1.807, 2.05) is 19.1 Å². The maximum Gasteiger partial charge on any atom is 0.298 e. The van der Waals surface area contributed by atoms with Crippen molar-refractivity contribution in [1.82, 2.24) is 24.1 Å². The fraction of sp³-hybridized carbons (Fsp3) is 0.421. The van der Waals surface area contributed by atoms with Crippen molar-refractivity contribution in [3.63, 3.8) is 0 Å². The summed E-state index contributed by atoms with van der Waals surface area (Å²) in [7, 11) is 0. The molecule has 8 rings (SSSR count). The highest BCUT2D eigenvalue weighted by Gasteiger charge is 2.22. The van der Waals surface area contributed by atoms with Crippen molar-refractivity contribution in [2.24, 2.45) is 0 Å². The Hall–Kier alpha value is -4.54. The van der Waals surface area contributed by atoms with Crippen LogP contribution in [0.1, 0.15) is 75.8 Å².